The van der Waals surface area contributed by atoms with Gasteiger partial charge in [0.15, 0.2) is 0 Å². The van der Waals surface area contributed by atoms with Gasteiger partial charge in [0, 0.05) is 46.6 Å². The Morgan fingerprint density at radius 3 is 2.66 bits per heavy atom. The Morgan fingerprint density at radius 1 is 1.22 bits per heavy atom. The first-order valence-electron chi connectivity index (χ1n) is 10.8. The predicted molar refractivity (Wildman–Crippen MR) is 122 cm³/mol. The summed E-state index contributed by atoms with van der Waals surface area (Å²) in [6.45, 7) is 3.55. The van der Waals surface area contributed by atoms with Crippen LogP contribution in [0.5, 0.6) is 0 Å². The number of halogens is 1. The van der Waals surface area contributed by atoms with Gasteiger partial charge in [-0.2, -0.15) is 0 Å². The van der Waals surface area contributed by atoms with E-state index in [4.69, 9.17) is 9.97 Å². The van der Waals surface area contributed by atoms with Crippen LogP contribution in [0.3, 0.4) is 0 Å². The van der Waals surface area contributed by atoms with Crippen molar-refractivity contribution >= 4 is 23.3 Å². The van der Waals surface area contributed by atoms with Crippen molar-refractivity contribution in [1.82, 2.24) is 19.8 Å². The molecular formula is C23H31FN6O2. The number of nitrogens with one attached hydrogen (secondary N) is 1. The van der Waals surface area contributed by atoms with E-state index in [-0.39, 0.29) is 30.0 Å². The van der Waals surface area contributed by atoms with Crippen LogP contribution in [0, 0.1) is 5.82 Å². The number of carbonyl (C=O) groups excluding carboxylic acids is 2. The van der Waals surface area contributed by atoms with E-state index in [1.54, 1.807) is 30.1 Å². The summed E-state index contributed by atoms with van der Waals surface area (Å²) >= 11 is 0. The third-order valence-corrected chi connectivity index (χ3v) is 5.56. The number of para-hydroxylation sites is 1. The van der Waals surface area contributed by atoms with Crippen molar-refractivity contribution in [3.8, 4) is 0 Å². The lowest BCUT2D eigenvalue weighted by molar-refractivity contribution is -0.128. The van der Waals surface area contributed by atoms with E-state index in [0.717, 1.165) is 36.7 Å². The van der Waals surface area contributed by atoms with Crippen LogP contribution in [-0.4, -0.2) is 72.4 Å². The second-order valence-electron chi connectivity index (χ2n) is 8.45. The van der Waals surface area contributed by atoms with Crippen LogP contribution in [0.25, 0.3) is 0 Å². The van der Waals surface area contributed by atoms with Crippen molar-refractivity contribution < 1.29 is 14.0 Å². The number of benzene rings is 1. The number of nitrogens with zero attached hydrogens (tertiary/aromatic N) is 5. The summed E-state index contributed by atoms with van der Waals surface area (Å²) in [4.78, 5) is 39.2. The van der Waals surface area contributed by atoms with Gasteiger partial charge in [0.05, 0.1) is 24.5 Å². The highest BCUT2D eigenvalue weighted by Gasteiger charge is 2.26. The van der Waals surface area contributed by atoms with Crippen LogP contribution in [0.4, 0.5) is 15.9 Å². The SMILES string of the molecule is CC(=O)N(C)Cc1cc(N(C)C)nc(C2CCCN(CC(=O)Nc3ccccc3F)C2)n1. The molecule has 0 bridgehead atoms. The average Bonchev–Trinajstić information content (AvgIpc) is 2.75. The molecule has 1 aromatic heterocycles. The number of anilines is 2. The standard InChI is InChI=1S/C23H31FN6O2/c1-16(31)29(4)14-18-12-21(28(2)3)27-23(25-18)17-8-7-11-30(13-17)15-22(32)26-20-10-6-5-9-19(20)24/h5-6,9-10,12,17H,7-8,11,13-15H2,1-4H3,(H,26,32). The van der Waals surface area contributed by atoms with E-state index in [9.17, 15) is 14.0 Å². The van der Waals surface area contributed by atoms with Crippen molar-refractivity contribution in [3.63, 3.8) is 0 Å². The second-order valence-corrected chi connectivity index (χ2v) is 8.45. The maximum atomic E-state index is 13.8. The number of piperidine rings is 1. The first-order chi connectivity index (χ1) is 15.2. The van der Waals surface area contributed by atoms with Crippen LogP contribution < -0.4 is 10.2 Å². The van der Waals surface area contributed by atoms with Gasteiger partial charge in [-0.1, -0.05) is 12.1 Å². The molecule has 2 heterocycles. The van der Waals surface area contributed by atoms with Gasteiger partial charge < -0.3 is 15.1 Å². The van der Waals surface area contributed by atoms with Crippen LogP contribution in [0.1, 0.15) is 37.2 Å². The van der Waals surface area contributed by atoms with Crippen LogP contribution in [0.15, 0.2) is 30.3 Å². The lowest BCUT2D eigenvalue weighted by Gasteiger charge is -2.32. The van der Waals surface area contributed by atoms with Gasteiger partial charge in [-0.15, -0.1) is 0 Å². The van der Waals surface area contributed by atoms with Gasteiger partial charge in [-0.05, 0) is 31.5 Å². The number of carbonyl (C=O) groups is 2. The summed E-state index contributed by atoms with van der Waals surface area (Å²) in [6, 6.07) is 8.04. The maximum absolute atomic E-state index is 13.8. The molecule has 1 aliphatic rings. The fourth-order valence-corrected chi connectivity index (χ4v) is 3.72. The number of likely N-dealkylation sites (tertiary alicyclic amines) is 1. The Hall–Kier alpha value is -3.07. The van der Waals surface area contributed by atoms with Crippen molar-refractivity contribution in [2.45, 2.75) is 32.2 Å². The number of hydrogen-bond acceptors (Lipinski definition) is 6. The maximum Gasteiger partial charge on any atom is 0.238 e. The molecule has 1 N–H and O–H groups in total. The monoisotopic (exact) mass is 442 g/mol. The molecular weight excluding hydrogens is 411 g/mol. The Labute approximate surface area is 188 Å². The first-order valence-corrected chi connectivity index (χ1v) is 10.8. The van der Waals surface area contributed by atoms with Gasteiger partial charge in [0.1, 0.15) is 17.5 Å². The van der Waals surface area contributed by atoms with Gasteiger partial charge in [0.25, 0.3) is 0 Å². The minimum absolute atomic E-state index is 0.0266. The van der Waals surface area contributed by atoms with Crippen molar-refractivity contribution in [1.29, 1.82) is 0 Å². The minimum atomic E-state index is -0.450. The molecule has 2 amide bonds. The highest BCUT2D eigenvalue weighted by atomic mass is 19.1. The zero-order valence-corrected chi connectivity index (χ0v) is 19.1. The largest absolute Gasteiger partial charge is 0.363 e. The number of aromatic nitrogens is 2. The second kappa shape index (κ2) is 10.5. The molecule has 1 atom stereocenters. The fraction of sp³-hybridized carbons (Fsp3) is 0.478. The molecule has 0 saturated carbocycles. The summed E-state index contributed by atoms with van der Waals surface area (Å²) < 4.78 is 13.8. The zero-order valence-electron chi connectivity index (χ0n) is 19.1. The van der Waals surface area contributed by atoms with Crippen molar-refractivity contribution in [2.24, 2.45) is 0 Å². The molecule has 9 heteroatoms. The Kier molecular flexibility index (Phi) is 7.74. The molecule has 2 aromatic rings. The molecule has 1 aromatic carbocycles. The quantitative estimate of drug-likeness (QED) is 0.710. The molecule has 1 saturated heterocycles. The van der Waals surface area contributed by atoms with E-state index in [2.05, 4.69) is 10.2 Å². The summed E-state index contributed by atoms with van der Waals surface area (Å²) in [5.41, 5.74) is 0.970. The smallest absolute Gasteiger partial charge is 0.238 e. The van der Waals surface area contributed by atoms with E-state index in [0.29, 0.717) is 13.1 Å². The summed E-state index contributed by atoms with van der Waals surface area (Å²) in [6.07, 6.45) is 1.83. The molecule has 172 valence electrons. The Morgan fingerprint density at radius 2 is 1.97 bits per heavy atom. The topological polar surface area (TPSA) is 81.7 Å². The highest BCUT2D eigenvalue weighted by Crippen LogP contribution is 2.26. The molecule has 32 heavy (non-hydrogen) atoms. The van der Waals surface area contributed by atoms with Crippen molar-refractivity contribution in [3.05, 3.63) is 47.7 Å². The van der Waals surface area contributed by atoms with E-state index >= 15 is 0 Å². The molecule has 1 unspecified atom stereocenters. The van der Waals surface area contributed by atoms with Crippen LogP contribution >= 0.6 is 0 Å². The number of rotatable bonds is 7. The van der Waals surface area contributed by atoms with Gasteiger partial charge in [0.2, 0.25) is 11.8 Å². The number of hydrogen-bond donors (Lipinski definition) is 1. The lowest BCUT2D eigenvalue weighted by atomic mass is 9.97. The van der Waals surface area contributed by atoms with E-state index < -0.39 is 5.82 Å². The van der Waals surface area contributed by atoms with Gasteiger partial charge >= 0.3 is 0 Å². The van der Waals surface area contributed by atoms with Gasteiger partial charge in [-0.3, -0.25) is 14.5 Å². The fourth-order valence-electron chi connectivity index (χ4n) is 3.72. The average molecular weight is 443 g/mol. The third-order valence-electron chi connectivity index (χ3n) is 5.56. The molecule has 0 spiro atoms. The number of amides is 2. The van der Waals surface area contributed by atoms with Crippen LogP contribution in [-0.2, 0) is 16.1 Å². The zero-order chi connectivity index (χ0) is 23.3. The lowest BCUT2D eigenvalue weighted by Crippen LogP contribution is -2.40. The third kappa shape index (κ3) is 6.23. The highest BCUT2D eigenvalue weighted by molar-refractivity contribution is 5.92. The van der Waals surface area contributed by atoms with Gasteiger partial charge in [-0.25, -0.2) is 14.4 Å². The summed E-state index contributed by atoms with van der Waals surface area (Å²) in [5.74, 6) is 0.864. The van der Waals surface area contributed by atoms with Crippen molar-refractivity contribution in [2.75, 3.05) is 51.0 Å². The van der Waals surface area contributed by atoms with E-state index in [1.165, 1.54) is 13.0 Å². The minimum Gasteiger partial charge on any atom is -0.363 e. The molecule has 1 fully saturated rings. The molecule has 0 radical (unpaired) electrons. The molecule has 3 rings (SSSR count). The van der Waals surface area contributed by atoms with E-state index in [1.807, 2.05) is 25.1 Å². The summed E-state index contributed by atoms with van der Waals surface area (Å²) in [7, 11) is 5.59. The molecule has 8 nitrogen and oxygen atoms in total. The van der Waals surface area contributed by atoms with Crippen LogP contribution in [0.2, 0.25) is 0 Å². The predicted octanol–water partition coefficient (Wildman–Crippen LogP) is 2.48. The Balaban J connectivity index is 1.70. The summed E-state index contributed by atoms with van der Waals surface area (Å²) in [5, 5.41) is 2.65. The molecule has 0 aliphatic carbocycles. The first kappa shape index (κ1) is 23.6. The Bertz CT molecular complexity index is 967. The normalized spacial score (nSPS) is 16.5. The molecule has 1 aliphatic heterocycles.